The molecule has 7 heteroatoms. The molecule has 2 aliphatic rings. The maximum atomic E-state index is 12.1. The highest BCUT2D eigenvalue weighted by molar-refractivity contribution is 5.80. The van der Waals surface area contributed by atoms with Crippen LogP contribution in [0.1, 0.15) is 42.0 Å². The van der Waals surface area contributed by atoms with Crippen LogP contribution in [0.25, 0.3) is 0 Å². The SMILES string of the molecule is Cc1noc(C)c1CN1Cc2ccnn2CCC1CNC(=O)C1CC1. The quantitative estimate of drug-likeness (QED) is 0.896. The van der Waals surface area contributed by atoms with Crippen molar-refractivity contribution in [3.8, 4) is 0 Å². The van der Waals surface area contributed by atoms with Gasteiger partial charge in [0, 0.05) is 49.9 Å². The molecule has 2 aromatic heterocycles. The highest BCUT2D eigenvalue weighted by Crippen LogP contribution is 2.29. The van der Waals surface area contributed by atoms with Crippen LogP contribution in [0.3, 0.4) is 0 Å². The van der Waals surface area contributed by atoms with Gasteiger partial charge in [-0.05, 0) is 39.2 Å². The Morgan fingerprint density at radius 1 is 1.36 bits per heavy atom. The van der Waals surface area contributed by atoms with Gasteiger partial charge in [0.2, 0.25) is 5.91 Å². The average Bonchev–Trinajstić information content (AvgIpc) is 3.33. The van der Waals surface area contributed by atoms with Gasteiger partial charge in [0.15, 0.2) is 0 Å². The minimum atomic E-state index is 0.208. The second-order valence-electron chi connectivity index (χ2n) is 7.22. The van der Waals surface area contributed by atoms with Crippen LogP contribution < -0.4 is 5.32 Å². The van der Waals surface area contributed by atoms with E-state index in [4.69, 9.17) is 4.52 Å². The lowest BCUT2D eigenvalue weighted by molar-refractivity contribution is -0.122. The van der Waals surface area contributed by atoms with Gasteiger partial charge in [-0.2, -0.15) is 5.10 Å². The summed E-state index contributed by atoms with van der Waals surface area (Å²) in [4.78, 5) is 14.5. The molecule has 0 saturated heterocycles. The minimum Gasteiger partial charge on any atom is -0.361 e. The molecule has 1 unspecified atom stereocenters. The Morgan fingerprint density at radius 2 is 2.20 bits per heavy atom. The Balaban J connectivity index is 1.51. The van der Waals surface area contributed by atoms with Gasteiger partial charge in [-0.25, -0.2) is 0 Å². The summed E-state index contributed by atoms with van der Waals surface area (Å²) >= 11 is 0. The molecule has 2 aromatic rings. The highest BCUT2D eigenvalue weighted by Gasteiger charge is 2.31. The second kappa shape index (κ2) is 6.63. The van der Waals surface area contributed by atoms with Gasteiger partial charge in [-0.1, -0.05) is 5.16 Å². The number of aromatic nitrogens is 3. The number of rotatable bonds is 5. The first-order valence-electron chi connectivity index (χ1n) is 9.06. The number of fused-ring (bicyclic) bond motifs is 1. The molecule has 1 fully saturated rings. The van der Waals surface area contributed by atoms with Crippen LogP contribution >= 0.6 is 0 Å². The predicted molar refractivity (Wildman–Crippen MR) is 91.6 cm³/mol. The largest absolute Gasteiger partial charge is 0.361 e. The molecule has 1 atom stereocenters. The summed E-state index contributed by atoms with van der Waals surface area (Å²) in [5, 5.41) is 11.7. The lowest BCUT2D eigenvalue weighted by atomic mass is 10.1. The molecule has 0 spiro atoms. The average molecular weight is 343 g/mol. The number of hydrogen-bond acceptors (Lipinski definition) is 5. The van der Waals surface area contributed by atoms with Gasteiger partial charge in [0.25, 0.3) is 0 Å². The van der Waals surface area contributed by atoms with Crippen LogP contribution in [0.5, 0.6) is 0 Å². The summed E-state index contributed by atoms with van der Waals surface area (Å²) in [5.41, 5.74) is 3.30. The van der Waals surface area contributed by atoms with E-state index in [1.807, 2.05) is 20.0 Å². The van der Waals surface area contributed by atoms with Crippen LogP contribution in [-0.4, -0.2) is 38.3 Å². The van der Waals surface area contributed by atoms with Crippen molar-refractivity contribution >= 4 is 5.91 Å². The number of nitrogens with one attached hydrogen (secondary N) is 1. The van der Waals surface area contributed by atoms with Crippen molar-refractivity contribution in [2.45, 2.75) is 58.8 Å². The van der Waals surface area contributed by atoms with E-state index in [2.05, 4.69) is 31.2 Å². The number of nitrogens with zero attached hydrogens (tertiary/aromatic N) is 4. The fraction of sp³-hybridized carbons (Fsp3) is 0.611. The van der Waals surface area contributed by atoms with Crippen LogP contribution in [0.4, 0.5) is 0 Å². The van der Waals surface area contributed by atoms with Crippen LogP contribution in [0.15, 0.2) is 16.8 Å². The molecule has 1 saturated carbocycles. The first-order valence-corrected chi connectivity index (χ1v) is 9.06. The summed E-state index contributed by atoms with van der Waals surface area (Å²) in [6.45, 7) is 7.09. The molecule has 3 heterocycles. The fourth-order valence-corrected chi connectivity index (χ4v) is 3.54. The number of amides is 1. The molecule has 1 amide bonds. The van der Waals surface area contributed by atoms with E-state index < -0.39 is 0 Å². The highest BCUT2D eigenvalue weighted by atomic mass is 16.5. The Bertz CT molecular complexity index is 742. The third-order valence-corrected chi connectivity index (χ3v) is 5.36. The lowest BCUT2D eigenvalue weighted by Crippen LogP contribution is -2.43. The molecule has 1 N–H and O–H groups in total. The van der Waals surface area contributed by atoms with Gasteiger partial charge in [-0.3, -0.25) is 14.4 Å². The molecule has 7 nitrogen and oxygen atoms in total. The molecule has 4 rings (SSSR count). The first-order chi connectivity index (χ1) is 12.1. The van der Waals surface area contributed by atoms with Crippen molar-refractivity contribution in [1.29, 1.82) is 0 Å². The van der Waals surface area contributed by atoms with Gasteiger partial charge in [-0.15, -0.1) is 0 Å². The predicted octanol–water partition coefficient (Wildman–Crippen LogP) is 1.79. The van der Waals surface area contributed by atoms with Gasteiger partial charge < -0.3 is 9.84 Å². The topological polar surface area (TPSA) is 76.2 Å². The smallest absolute Gasteiger partial charge is 0.223 e. The second-order valence-corrected chi connectivity index (χ2v) is 7.22. The van der Waals surface area contributed by atoms with E-state index in [1.54, 1.807) is 0 Å². The standard InChI is InChI=1S/C18H25N5O2/c1-12-17(13(2)25-21-12)11-22-10-16-5-7-20-23(16)8-6-15(22)9-19-18(24)14-3-4-14/h5,7,14-15H,3-4,6,8-11H2,1-2H3,(H,19,24). The third kappa shape index (κ3) is 3.46. The van der Waals surface area contributed by atoms with Crippen molar-refractivity contribution < 1.29 is 9.32 Å². The van der Waals surface area contributed by atoms with E-state index in [0.717, 1.165) is 55.9 Å². The first kappa shape index (κ1) is 16.3. The lowest BCUT2D eigenvalue weighted by Gasteiger charge is -2.29. The maximum Gasteiger partial charge on any atom is 0.223 e. The van der Waals surface area contributed by atoms with Crippen LogP contribution in [-0.2, 0) is 24.4 Å². The maximum absolute atomic E-state index is 12.1. The Kier molecular flexibility index (Phi) is 4.33. The summed E-state index contributed by atoms with van der Waals surface area (Å²) in [6, 6.07) is 2.35. The summed E-state index contributed by atoms with van der Waals surface area (Å²) in [5.74, 6) is 1.33. The van der Waals surface area contributed by atoms with Crippen molar-refractivity contribution in [2.75, 3.05) is 6.54 Å². The number of carbonyl (C=O) groups is 1. The van der Waals surface area contributed by atoms with E-state index in [9.17, 15) is 4.79 Å². The Hall–Kier alpha value is -2.15. The molecule has 0 bridgehead atoms. The zero-order chi connectivity index (χ0) is 17.4. The van der Waals surface area contributed by atoms with Crippen molar-refractivity contribution in [1.82, 2.24) is 25.2 Å². The van der Waals surface area contributed by atoms with Crippen LogP contribution in [0, 0.1) is 19.8 Å². The zero-order valence-electron chi connectivity index (χ0n) is 14.9. The molecule has 0 radical (unpaired) electrons. The third-order valence-electron chi connectivity index (χ3n) is 5.36. The monoisotopic (exact) mass is 343 g/mol. The number of hydrogen-bond donors (Lipinski definition) is 1. The van der Waals surface area contributed by atoms with Crippen molar-refractivity contribution in [2.24, 2.45) is 5.92 Å². The zero-order valence-corrected chi connectivity index (χ0v) is 14.9. The molecule has 1 aliphatic carbocycles. The number of carbonyl (C=O) groups excluding carboxylic acids is 1. The molecular formula is C18H25N5O2. The Labute approximate surface area is 147 Å². The minimum absolute atomic E-state index is 0.208. The van der Waals surface area contributed by atoms with Crippen molar-refractivity contribution in [3.63, 3.8) is 0 Å². The number of aryl methyl sites for hydroxylation is 3. The molecular weight excluding hydrogens is 318 g/mol. The summed E-state index contributed by atoms with van der Waals surface area (Å²) < 4.78 is 7.40. The van der Waals surface area contributed by atoms with E-state index >= 15 is 0 Å². The Morgan fingerprint density at radius 3 is 2.92 bits per heavy atom. The molecule has 25 heavy (non-hydrogen) atoms. The van der Waals surface area contributed by atoms with Crippen molar-refractivity contribution in [3.05, 3.63) is 35.0 Å². The van der Waals surface area contributed by atoms with Gasteiger partial charge >= 0.3 is 0 Å². The normalized spacial score (nSPS) is 21.0. The summed E-state index contributed by atoms with van der Waals surface area (Å²) in [6.07, 6.45) is 4.89. The summed E-state index contributed by atoms with van der Waals surface area (Å²) in [7, 11) is 0. The van der Waals surface area contributed by atoms with Crippen LogP contribution in [0.2, 0.25) is 0 Å². The molecule has 1 aliphatic heterocycles. The molecule has 134 valence electrons. The van der Waals surface area contributed by atoms with E-state index in [-0.39, 0.29) is 17.9 Å². The van der Waals surface area contributed by atoms with Gasteiger partial charge in [0.1, 0.15) is 5.76 Å². The molecule has 0 aromatic carbocycles. The van der Waals surface area contributed by atoms with E-state index in [1.165, 1.54) is 5.69 Å². The van der Waals surface area contributed by atoms with E-state index in [0.29, 0.717) is 6.54 Å². The fourth-order valence-electron chi connectivity index (χ4n) is 3.54. The van der Waals surface area contributed by atoms with Gasteiger partial charge in [0.05, 0.1) is 11.4 Å².